The van der Waals surface area contributed by atoms with Gasteiger partial charge >= 0.3 is 0 Å². The molecule has 0 atom stereocenters. The summed E-state index contributed by atoms with van der Waals surface area (Å²) in [5, 5.41) is 0.562. The molecule has 0 radical (unpaired) electrons. The Balaban J connectivity index is 1.57. The summed E-state index contributed by atoms with van der Waals surface area (Å²) in [6.07, 6.45) is 1.51. The average molecular weight is 392 g/mol. The molecule has 1 fully saturated rings. The van der Waals surface area contributed by atoms with Gasteiger partial charge in [0.05, 0.1) is 30.8 Å². The lowest BCUT2D eigenvalue weighted by Gasteiger charge is -2.46. The molecule has 4 rings (SSSR count). The largest absolute Gasteiger partial charge is 0.497 e. The molecule has 3 aromatic rings. The summed E-state index contributed by atoms with van der Waals surface area (Å²) >= 11 is 0. The van der Waals surface area contributed by atoms with Crippen molar-refractivity contribution in [2.45, 2.75) is 25.9 Å². The van der Waals surface area contributed by atoms with Gasteiger partial charge in [-0.05, 0) is 50.2 Å². The maximum Gasteiger partial charge on any atom is 0.241 e. The van der Waals surface area contributed by atoms with E-state index in [-0.39, 0.29) is 17.9 Å². The van der Waals surface area contributed by atoms with Gasteiger partial charge in [-0.2, -0.15) is 0 Å². The van der Waals surface area contributed by atoms with Crippen LogP contribution in [0.2, 0.25) is 0 Å². The average Bonchev–Trinajstić information content (AvgIpc) is 2.70. The number of amides is 1. The molecule has 0 unspecified atom stereocenters. The number of hydrogen-bond acceptors (Lipinski definition) is 5. The van der Waals surface area contributed by atoms with Gasteiger partial charge in [0.1, 0.15) is 11.3 Å². The maximum atomic E-state index is 13.0. The topological polar surface area (TPSA) is 63.0 Å². The zero-order valence-corrected chi connectivity index (χ0v) is 16.8. The van der Waals surface area contributed by atoms with Crippen molar-refractivity contribution >= 4 is 22.6 Å². The molecule has 0 N–H and O–H groups in total. The van der Waals surface area contributed by atoms with E-state index in [9.17, 15) is 9.59 Å². The number of hydrogen-bond donors (Lipinski definition) is 0. The van der Waals surface area contributed by atoms with Gasteiger partial charge in [-0.3, -0.25) is 14.5 Å². The number of piperazine rings is 1. The van der Waals surface area contributed by atoms with E-state index >= 15 is 0 Å². The van der Waals surface area contributed by atoms with Crippen LogP contribution in [0.3, 0.4) is 0 Å². The van der Waals surface area contributed by atoms with Crippen LogP contribution in [0.1, 0.15) is 19.4 Å². The molecule has 0 saturated carbocycles. The Kier molecular flexibility index (Phi) is 4.88. The third-order valence-electron chi connectivity index (χ3n) is 5.30. The van der Waals surface area contributed by atoms with Gasteiger partial charge in [0.15, 0.2) is 5.43 Å². The van der Waals surface area contributed by atoms with E-state index in [1.165, 1.54) is 6.26 Å². The Bertz CT molecular complexity index is 1100. The first-order chi connectivity index (χ1) is 13.9. The van der Waals surface area contributed by atoms with E-state index < -0.39 is 5.54 Å². The number of para-hydroxylation sites is 1. The van der Waals surface area contributed by atoms with Gasteiger partial charge in [-0.15, -0.1) is 0 Å². The number of fused-ring (bicyclic) bond motifs is 1. The summed E-state index contributed by atoms with van der Waals surface area (Å²) in [7, 11) is 1.62. The highest BCUT2D eigenvalue weighted by Gasteiger charge is 2.39. The number of anilines is 1. The van der Waals surface area contributed by atoms with E-state index in [0.29, 0.717) is 29.6 Å². The second kappa shape index (κ2) is 7.37. The molecule has 2 heterocycles. The lowest BCUT2D eigenvalue weighted by atomic mass is 9.96. The fraction of sp³-hybridized carbons (Fsp3) is 0.304. The SMILES string of the molecule is COc1ccc(N2C(=O)CN(Cc3coc4ccccc4c3=O)CC2(C)C)cc1. The van der Waals surface area contributed by atoms with E-state index in [2.05, 4.69) is 0 Å². The molecule has 0 spiro atoms. The van der Waals surface area contributed by atoms with Gasteiger partial charge in [0.25, 0.3) is 0 Å². The molecule has 1 aromatic heterocycles. The van der Waals surface area contributed by atoms with Gasteiger partial charge in [-0.25, -0.2) is 0 Å². The monoisotopic (exact) mass is 392 g/mol. The first-order valence-electron chi connectivity index (χ1n) is 9.58. The Morgan fingerprint density at radius 3 is 2.48 bits per heavy atom. The molecule has 150 valence electrons. The van der Waals surface area contributed by atoms with Gasteiger partial charge in [0.2, 0.25) is 5.91 Å². The fourth-order valence-corrected chi connectivity index (χ4v) is 4.08. The van der Waals surface area contributed by atoms with Crippen LogP contribution >= 0.6 is 0 Å². The van der Waals surface area contributed by atoms with Crippen LogP contribution in [0.5, 0.6) is 5.75 Å². The molecule has 6 heteroatoms. The number of carbonyl (C=O) groups excluding carboxylic acids is 1. The second-order valence-electron chi connectivity index (χ2n) is 7.97. The Labute approximate surface area is 169 Å². The first-order valence-corrected chi connectivity index (χ1v) is 9.58. The standard InChI is InChI=1S/C23H24N2O4/c1-23(2)15-24(12-16-14-29-20-7-5-4-6-19(20)22(16)27)13-21(26)25(23)17-8-10-18(28-3)11-9-17/h4-11,14H,12-13,15H2,1-3H3. The van der Waals surface area contributed by atoms with Crippen LogP contribution in [-0.4, -0.2) is 36.5 Å². The zero-order chi connectivity index (χ0) is 20.6. The summed E-state index contributed by atoms with van der Waals surface area (Å²) in [6.45, 7) is 5.31. The first kappa shape index (κ1) is 19.2. The molecule has 29 heavy (non-hydrogen) atoms. The maximum absolute atomic E-state index is 13.0. The number of nitrogens with zero attached hydrogens (tertiary/aromatic N) is 2. The number of benzene rings is 2. The summed E-state index contributed by atoms with van der Waals surface area (Å²) in [5.41, 5.74) is 1.49. The van der Waals surface area contributed by atoms with Crippen LogP contribution in [0.15, 0.2) is 64.0 Å². The summed E-state index contributed by atoms with van der Waals surface area (Å²) in [4.78, 5) is 29.6. The predicted molar refractivity (Wildman–Crippen MR) is 112 cm³/mol. The van der Waals surface area contributed by atoms with Crippen LogP contribution in [0, 0.1) is 0 Å². The smallest absolute Gasteiger partial charge is 0.241 e. The Hall–Kier alpha value is -3.12. The highest BCUT2D eigenvalue weighted by molar-refractivity contribution is 5.97. The minimum absolute atomic E-state index is 0.00315. The van der Waals surface area contributed by atoms with Crippen molar-refractivity contribution in [3.05, 3.63) is 70.6 Å². The van der Waals surface area contributed by atoms with Crippen LogP contribution in [0.4, 0.5) is 5.69 Å². The summed E-state index contributed by atoms with van der Waals surface area (Å²) in [6, 6.07) is 14.7. The van der Waals surface area contributed by atoms with E-state index in [0.717, 1.165) is 11.4 Å². The minimum atomic E-state index is -0.430. The molecule has 0 aliphatic carbocycles. The number of methoxy groups -OCH3 is 1. The third kappa shape index (κ3) is 3.63. The molecule has 0 bridgehead atoms. The predicted octanol–water partition coefficient (Wildman–Crippen LogP) is 3.43. The highest BCUT2D eigenvalue weighted by atomic mass is 16.5. The molecular formula is C23H24N2O4. The normalized spacial score (nSPS) is 16.9. The fourth-order valence-electron chi connectivity index (χ4n) is 4.08. The second-order valence-corrected chi connectivity index (χ2v) is 7.97. The van der Waals surface area contributed by atoms with Crippen molar-refractivity contribution in [1.82, 2.24) is 4.90 Å². The Morgan fingerprint density at radius 2 is 1.79 bits per heavy atom. The molecular weight excluding hydrogens is 368 g/mol. The minimum Gasteiger partial charge on any atom is -0.497 e. The summed E-state index contributed by atoms with van der Waals surface area (Å²) < 4.78 is 10.8. The van der Waals surface area contributed by atoms with Crippen molar-refractivity contribution in [3.8, 4) is 5.75 Å². The van der Waals surface area contributed by atoms with Crippen LogP contribution in [-0.2, 0) is 11.3 Å². The van der Waals surface area contributed by atoms with Crippen molar-refractivity contribution < 1.29 is 13.9 Å². The molecule has 1 aliphatic rings. The van der Waals surface area contributed by atoms with Gasteiger partial charge < -0.3 is 14.1 Å². The van der Waals surface area contributed by atoms with E-state index in [1.54, 1.807) is 19.2 Å². The van der Waals surface area contributed by atoms with Crippen LogP contribution < -0.4 is 15.1 Å². The number of ether oxygens (including phenoxy) is 1. The highest BCUT2D eigenvalue weighted by Crippen LogP contribution is 2.30. The third-order valence-corrected chi connectivity index (χ3v) is 5.30. The zero-order valence-electron chi connectivity index (χ0n) is 16.8. The number of carbonyl (C=O) groups is 1. The molecule has 6 nitrogen and oxygen atoms in total. The van der Waals surface area contributed by atoms with E-state index in [4.69, 9.17) is 9.15 Å². The summed E-state index contributed by atoms with van der Waals surface area (Å²) in [5.74, 6) is 0.747. The van der Waals surface area contributed by atoms with Crippen molar-refractivity contribution in [1.29, 1.82) is 0 Å². The van der Waals surface area contributed by atoms with Gasteiger partial charge in [-0.1, -0.05) is 12.1 Å². The lowest BCUT2D eigenvalue weighted by molar-refractivity contribution is -0.123. The Morgan fingerprint density at radius 1 is 1.07 bits per heavy atom. The quantitative estimate of drug-likeness (QED) is 0.681. The molecule has 1 saturated heterocycles. The molecule has 1 aliphatic heterocycles. The number of rotatable bonds is 4. The van der Waals surface area contributed by atoms with Crippen molar-refractivity contribution in [3.63, 3.8) is 0 Å². The van der Waals surface area contributed by atoms with Crippen molar-refractivity contribution in [2.24, 2.45) is 0 Å². The lowest BCUT2D eigenvalue weighted by Crippen LogP contribution is -2.62. The molecule has 2 aromatic carbocycles. The van der Waals surface area contributed by atoms with E-state index in [1.807, 2.05) is 60.0 Å². The van der Waals surface area contributed by atoms with Crippen LogP contribution in [0.25, 0.3) is 11.0 Å². The molecule has 1 amide bonds. The van der Waals surface area contributed by atoms with Crippen molar-refractivity contribution in [2.75, 3.05) is 25.1 Å². The van der Waals surface area contributed by atoms with Gasteiger partial charge in [0, 0.05) is 24.3 Å².